The van der Waals surface area contributed by atoms with Crippen molar-refractivity contribution in [1.82, 2.24) is 15.0 Å². The molecule has 0 spiro atoms. The van der Waals surface area contributed by atoms with Gasteiger partial charge in [0.05, 0.1) is 24.4 Å². The van der Waals surface area contributed by atoms with Crippen molar-refractivity contribution >= 4 is 11.2 Å². The second kappa shape index (κ2) is 4.72. The predicted octanol–water partition coefficient (Wildman–Crippen LogP) is 3.31. The molecule has 0 saturated carbocycles. The lowest BCUT2D eigenvalue weighted by Crippen LogP contribution is -2.04. The summed E-state index contributed by atoms with van der Waals surface area (Å²) in [6, 6.07) is 2.48. The third kappa shape index (κ3) is 2.39. The first-order valence-corrected chi connectivity index (χ1v) is 5.81. The standard InChI is InChI=1S/C13H8F3N3O2/c1-20-10-6-17-3-2-8(10)11-19-9-4-7(13(14,15)16)5-18-12(9)21-11/h2-6H,1H3. The molecule has 0 atom stereocenters. The van der Waals surface area contributed by atoms with E-state index in [9.17, 15) is 13.2 Å². The van der Waals surface area contributed by atoms with Gasteiger partial charge < -0.3 is 9.15 Å². The Labute approximate surface area is 116 Å². The van der Waals surface area contributed by atoms with E-state index in [1.54, 1.807) is 6.07 Å². The Balaban J connectivity index is 2.13. The molecule has 8 heteroatoms. The summed E-state index contributed by atoms with van der Waals surface area (Å²) in [5, 5.41) is 0. The minimum Gasteiger partial charge on any atom is -0.494 e. The van der Waals surface area contributed by atoms with Crippen LogP contribution in [-0.2, 0) is 6.18 Å². The number of methoxy groups -OCH3 is 1. The first-order chi connectivity index (χ1) is 9.99. The van der Waals surface area contributed by atoms with Gasteiger partial charge in [0.15, 0.2) is 0 Å². The Morgan fingerprint density at radius 3 is 2.76 bits per heavy atom. The summed E-state index contributed by atoms with van der Waals surface area (Å²) in [5.41, 5.74) is -0.342. The number of fused-ring (bicyclic) bond motifs is 1. The molecule has 3 aromatic heterocycles. The molecule has 0 aliphatic rings. The van der Waals surface area contributed by atoms with Crippen molar-refractivity contribution < 1.29 is 22.3 Å². The predicted molar refractivity (Wildman–Crippen MR) is 66.6 cm³/mol. The molecule has 0 aliphatic carbocycles. The zero-order valence-electron chi connectivity index (χ0n) is 10.7. The largest absolute Gasteiger partial charge is 0.494 e. The van der Waals surface area contributed by atoms with E-state index in [1.807, 2.05) is 0 Å². The molecule has 108 valence electrons. The number of rotatable bonds is 2. The fraction of sp³-hybridized carbons (Fsp3) is 0.154. The minimum absolute atomic E-state index is 0.0249. The second-order valence-electron chi connectivity index (χ2n) is 4.14. The number of nitrogens with zero attached hydrogens (tertiary/aromatic N) is 3. The molecule has 0 unspecified atom stereocenters. The summed E-state index contributed by atoms with van der Waals surface area (Å²) in [6.07, 6.45) is -0.810. The van der Waals surface area contributed by atoms with Gasteiger partial charge in [-0.15, -0.1) is 0 Å². The summed E-state index contributed by atoms with van der Waals surface area (Å²) in [6.45, 7) is 0. The first-order valence-electron chi connectivity index (χ1n) is 5.81. The van der Waals surface area contributed by atoms with Gasteiger partial charge >= 0.3 is 6.18 Å². The van der Waals surface area contributed by atoms with Gasteiger partial charge in [-0.3, -0.25) is 4.98 Å². The van der Waals surface area contributed by atoms with E-state index in [0.717, 1.165) is 6.07 Å². The molecular formula is C13H8F3N3O2. The zero-order chi connectivity index (χ0) is 15.0. The Kier molecular flexibility index (Phi) is 3.00. The number of pyridine rings is 2. The normalized spacial score (nSPS) is 11.8. The average molecular weight is 295 g/mol. The van der Waals surface area contributed by atoms with Gasteiger partial charge in [-0.1, -0.05) is 0 Å². The number of ether oxygens (including phenoxy) is 1. The van der Waals surface area contributed by atoms with Gasteiger partial charge in [0.2, 0.25) is 11.6 Å². The number of hydrogen-bond donors (Lipinski definition) is 0. The van der Waals surface area contributed by atoms with Crippen LogP contribution in [-0.4, -0.2) is 22.1 Å². The molecule has 0 radical (unpaired) electrons. The molecule has 0 N–H and O–H groups in total. The summed E-state index contributed by atoms with van der Waals surface area (Å²) in [7, 11) is 1.45. The van der Waals surface area contributed by atoms with Crippen LogP contribution in [0.3, 0.4) is 0 Å². The number of oxazole rings is 1. The van der Waals surface area contributed by atoms with Crippen molar-refractivity contribution in [2.45, 2.75) is 6.18 Å². The highest BCUT2D eigenvalue weighted by molar-refractivity contribution is 5.74. The van der Waals surface area contributed by atoms with Gasteiger partial charge in [0.1, 0.15) is 11.3 Å². The molecule has 0 aliphatic heterocycles. The molecule has 5 nitrogen and oxygen atoms in total. The summed E-state index contributed by atoms with van der Waals surface area (Å²) < 4.78 is 48.4. The topological polar surface area (TPSA) is 61.0 Å². The average Bonchev–Trinajstić information content (AvgIpc) is 2.89. The van der Waals surface area contributed by atoms with Gasteiger partial charge in [-0.2, -0.15) is 13.2 Å². The lowest BCUT2D eigenvalue weighted by atomic mass is 10.2. The van der Waals surface area contributed by atoms with Gasteiger partial charge in [0, 0.05) is 12.4 Å². The van der Waals surface area contributed by atoms with E-state index < -0.39 is 11.7 Å². The number of halogens is 3. The van der Waals surface area contributed by atoms with Gasteiger partial charge in [0.25, 0.3) is 0 Å². The van der Waals surface area contributed by atoms with Crippen LogP contribution >= 0.6 is 0 Å². The first kappa shape index (κ1) is 13.3. The molecule has 0 amide bonds. The highest BCUT2D eigenvalue weighted by Crippen LogP contribution is 2.33. The molecular weight excluding hydrogens is 287 g/mol. The highest BCUT2D eigenvalue weighted by Gasteiger charge is 2.31. The highest BCUT2D eigenvalue weighted by atomic mass is 19.4. The van der Waals surface area contributed by atoms with Crippen LogP contribution in [0.1, 0.15) is 5.56 Å². The van der Waals surface area contributed by atoms with Crippen molar-refractivity contribution in [2.75, 3.05) is 7.11 Å². The molecule has 3 aromatic rings. The van der Waals surface area contributed by atoms with Crippen LogP contribution in [0.25, 0.3) is 22.7 Å². The van der Waals surface area contributed by atoms with E-state index in [0.29, 0.717) is 17.5 Å². The summed E-state index contributed by atoms with van der Waals surface area (Å²) in [4.78, 5) is 11.6. The second-order valence-corrected chi connectivity index (χ2v) is 4.14. The fourth-order valence-electron chi connectivity index (χ4n) is 1.81. The lowest BCUT2D eigenvalue weighted by molar-refractivity contribution is -0.137. The maximum absolute atomic E-state index is 12.6. The van der Waals surface area contributed by atoms with Crippen molar-refractivity contribution in [1.29, 1.82) is 0 Å². The van der Waals surface area contributed by atoms with Crippen LogP contribution in [0.5, 0.6) is 5.75 Å². The van der Waals surface area contributed by atoms with Crippen LogP contribution < -0.4 is 4.74 Å². The number of hydrogen-bond acceptors (Lipinski definition) is 5. The van der Waals surface area contributed by atoms with Crippen LogP contribution in [0.15, 0.2) is 35.1 Å². The van der Waals surface area contributed by atoms with Crippen LogP contribution in [0.2, 0.25) is 0 Å². The molecule has 0 saturated heterocycles. The van der Waals surface area contributed by atoms with E-state index in [1.165, 1.54) is 19.5 Å². The van der Waals surface area contributed by atoms with Crippen LogP contribution in [0.4, 0.5) is 13.2 Å². The molecule has 3 rings (SSSR count). The molecule has 0 bridgehead atoms. The fourth-order valence-corrected chi connectivity index (χ4v) is 1.81. The summed E-state index contributed by atoms with van der Waals surface area (Å²) >= 11 is 0. The lowest BCUT2D eigenvalue weighted by Gasteiger charge is -2.03. The van der Waals surface area contributed by atoms with E-state index in [4.69, 9.17) is 9.15 Å². The maximum Gasteiger partial charge on any atom is 0.417 e. The van der Waals surface area contributed by atoms with Crippen molar-refractivity contribution in [3.05, 3.63) is 36.3 Å². The van der Waals surface area contributed by atoms with Crippen molar-refractivity contribution in [3.63, 3.8) is 0 Å². The quantitative estimate of drug-likeness (QED) is 0.726. The Bertz CT molecular complexity index is 799. The Hall–Kier alpha value is -2.64. The van der Waals surface area contributed by atoms with E-state index >= 15 is 0 Å². The number of aromatic nitrogens is 3. The van der Waals surface area contributed by atoms with Gasteiger partial charge in [-0.05, 0) is 12.1 Å². The third-order valence-corrected chi connectivity index (χ3v) is 2.81. The molecule has 0 fully saturated rings. The monoisotopic (exact) mass is 295 g/mol. The third-order valence-electron chi connectivity index (χ3n) is 2.81. The van der Waals surface area contributed by atoms with Crippen molar-refractivity contribution in [3.8, 4) is 17.2 Å². The van der Waals surface area contributed by atoms with Gasteiger partial charge in [-0.25, -0.2) is 9.97 Å². The molecule has 0 aromatic carbocycles. The SMILES string of the molecule is COc1cnccc1-c1nc2cc(C(F)(F)F)cnc2o1. The maximum atomic E-state index is 12.6. The zero-order valence-corrected chi connectivity index (χ0v) is 10.7. The summed E-state index contributed by atoms with van der Waals surface area (Å²) in [5.74, 6) is 0.524. The van der Waals surface area contributed by atoms with Crippen molar-refractivity contribution in [2.24, 2.45) is 0 Å². The minimum atomic E-state index is -4.48. The smallest absolute Gasteiger partial charge is 0.417 e. The molecule has 3 heterocycles. The Morgan fingerprint density at radius 2 is 2.05 bits per heavy atom. The Morgan fingerprint density at radius 1 is 1.24 bits per heavy atom. The van der Waals surface area contributed by atoms with Crippen LogP contribution in [0, 0.1) is 0 Å². The molecule has 21 heavy (non-hydrogen) atoms. The van der Waals surface area contributed by atoms with E-state index in [2.05, 4.69) is 15.0 Å². The number of alkyl halides is 3. The van der Waals surface area contributed by atoms with E-state index in [-0.39, 0.29) is 17.1 Å².